The van der Waals surface area contributed by atoms with Gasteiger partial charge in [-0.25, -0.2) is 4.68 Å². The average Bonchev–Trinajstić information content (AvgIpc) is 3.47. The maximum atomic E-state index is 12.1. The number of carbonyl (C=O) groups is 1. The highest BCUT2D eigenvalue weighted by Crippen LogP contribution is 2.38. The second-order valence-electron chi connectivity index (χ2n) is 10.4. The molecule has 1 amide bonds. The number of rotatable bonds is 9. The Bertz CT molecular complexity index is 1420. The van der Waals surface area contributed by atoms with E-state index in [2.05, 4.69) is 32.7 Å². The van der Waals surface area contributed by atoms with E-state index in [0.29, 0.717) is 22.2 Å². The van der Waals surface area contributed by atoms with Gasteiger partial charge in [0.15, 0.2) is 0 Å². The van der Waals surface area contributed by atoms with Crippen LogP contribution in [0.5, 0.6) is 0 Å². The van der Waals surface area contributed by atoms with Crippen LogP contribution in [-0.2, 0) is 10.3 Å². The van der Waals surface area contributed by atoms with Crippen molar-refractivity contribution >= 4 is 29.1 Å². The van der Waals surface area contributed by atoms with E-state index in [-0.39, 0.29) is 17.4 Å². The minimum atomic E-state index is -0.875. The van der Waals surface area contributed by atoms with Gasteiger partial charge >= 0.3 is 0 Å². The van der Waals surface area contributed by atoms with Crippen LogP contribution in [0, 0.1) is 0 Å². The van der Waals surface area contributed by atoms with Crippen LogP contribution in [0.2, 0.25) is 10.0 Å². The van der Waals surface area contributed by atoms with E-state index in [1.165, 1.54) is 0 Å². The first-order valence-electron chi connectivity index (χ1n) is 13.5. The van der Waals surface area contributed by atoms with Crippen LogP contribution >= 0.6 is 23.2 Å². The summed E-state index contributed by atoms with van der Waals surface area (Å²) in [6, 6.07) is 25.4. The number of carbonyl (C=O) groups excluding carboxylic acids is 1. The summed E-state index contributed by atoms with van der Waals surface area (Å²) < 4.78 is 1.68. The molecule has 1 aromatic heterocycles. The van der Waals surface area contributed by atoms with Crippen LogP contribution in [0.15, 0.2) is 85.1 Å². The summed E-state index contributed by atoms with van der Waals surface area (Å²) >= 11 is 12.6. The molecule has 0 unspecified atom stereocenters. The van der Waals surface area contributed by atoms with E-state index >= 15 is 0 Å². The number of nitrogens with one attached hydrogen (secondary N) is 1. The number of halogens is 2. The van der Waals surface area contributed by atoms with Gasteiger partial charge in [-0.3, -0.25) is 4.79 Å². The minimum absolute atomic E-state index is 0.0243. The number of nitrogens with zero attached hydrogens (tertiary/aromatic N) is 4. The number of para-hydroxylation sites is 1. The number of piperidine rings is 1. The molecule has 0 saturated carbocycles. The van der Waals surface area contributed by atoms with Crippen molar-refractivity contribution < 1.29 is 9.90 Å². The predicted octanol–water partition coefficient (Wildman–Crippen LogP) is 5.91. The molecule has 7 nitrogen and oxygen atoms in total. The largest absolute Gasteiger partial charge is 0.386 e. The van der Waals surface area contributed by atoms with Gasteiger partial charge in [0.05, 0.1) is 33.2 Å². The van der Waals surface area contributed by atoms with Gasteiger partial charge in [0.1, 0.15) is 6.10 Å². The first-order chi connectivity index (χ1) is 19.4. The fourth-order valence-corrected chi connectivity index (χ4v) is 6.04. The first-order valence-corrected chi connectivity index (χ1v) is 14.3. The van der Waals surface area contributed by atoms with Crippen LogP contribution in [0.4, 0.5) is 0 Å². The highest BCUT2D eigenvalue weighted by molar-refractivity contribution is 6.42. The van der Waals surface area contributed by atoms with Crippen LogP contribution in [0.1, 0.15) is 55.0 Å². The zero-order valence-electron chi connectivity index (χ0n) is 22.4. The average molecular weight is 579 g/mol. The molecule has 3 aromatic carbocycles. The van der Waals surface area contributed by atoms with Gasteiger partial charge in [-0.2, -0.15) is 0 Å². The molecule has 1 aliphatic heterocycles. The zero-order valence-corrected chi connectivity index (χ0v) is 23.9. The van der Waals surface area contributed by atoms with E-state index in [4.69, 9.17) is 23.2 Å². The van der Waals surface area contributed by atoms with Crippen LogP contribution < -0.4 is 5.32 Å². The van der Waals surface area contributed by atoms with Gasteiger partial charge in [0, 0.05) is 25.9 Å². The number of hydrogen-bond acceptors (Lipinski definition) is 5. The number of likely N-dealkylation sites (tertiary alicyclic amines) is 1. The highest BCUT2D eigenvalue weighted by Gasteiger charge is 2.37. The number of hydrogen-bond donors (Lipinski definition) is 2. The molecule has 0 bridgehead atoms. The summed E-state index contributed by atoms with van der Waals surface area (Å²) in [5.74, 6) is -0.296. The number of benzene rings is 3. The van der Waals surface area contributed by atoms with Crippen molar-refractivity contribution in [3.05, 3.63) is 112 Å². The third-order valence-electron chi connectivity index (χ3n) is 7.84. The van der Waals surface area contributed by atoms with E-state index < -0.39 is 6.10 Å². The molecule has 4 aromatic rings. The maximum Gasteiger partial charge on any atom is 0.217 e. The maximum absolute atomic E-state index is 12.1. The van der Waals surface area contributed by atoms with Gasteiger partial charge in [-0.05, 0) is 61.2 Å². The Morgan fingerprint density at radius 1 is 1.00 bits per heavy atom. The van der Waals surface area contributed by atoms with Crippen molar-refractivity contribution in [1.29, 1.82) is 0 Å². The van der Waals surface area contributed by atoms with Crippen molar-refractivity contribution in [3.8, 4) is 5.69 Å². The van der Waals surface area contributed by atoms with Crippen molar-refractivity contribution in [2.24, 2.45) is 0 Å². The highest BCUT2D eigenvalue weighted by atomic mass is 35.5. The smallest absolute Gasteiger partial charge is 0.217 e. The summed E-state index contributed by atoms with van der Waals surface area (Å²) in [5, 5.41) is 24.3. The quantitative estimate of drug-likeness (QED) is 0.258. The van der Waals surface area contributed by atoms with Gasteiger partial charge in [-0.15, -0.1) is 5.10 Å². The fourth-order valence-electron chi connectivity index (χ4n) is 5.73. The van der Waals surface area contributed by atoms with Crippen molar-refractivity contribution in [3.63, 3.8) is 0 Å². The van der Waals surface area contributed by atoms with Gasteiger partial charge in [0.2, 0.25) is 5.91 Å². The lowest BCUT2D eigenvalue weighted by atomic mass is 9.80. The molecule has 0 aliphatic carbocycles. The lowest BCUT2D eigenvalue weighted by molar-refractivity contribution is -0.121. The molecule has 2 heterocycles. The Morgan fingerprint density at radius 2 is 1.68 bits per heavy atom. The monoisotopic (exact) mass is 577 g/mol. The van der Waals surface area contributed by atoms with Crippen LogP contribution in [0.3, 0.4) is 0 Å². The lowest BCUT2D eigenvalue weighted by Crippen LogP contribution is -2.52. The van der Waals surface area contributed by atoms with Gasteiger partial charge < -0.3 is 15.3 Å². The number of aliphatic hydroxyl groups excluding tert-OH is 1. The summed E-state index contributed by atoms with van der Waals surface area (Å²) in [6.07, 6.45) is 3.03. The number of aliphatic hydroxyl groups is 1. The fraction of sp³-hybridized carbons (Fsp3) is 0.323. The van der Waals surface area contributed by atoms with Crippen LogP contribution in [0.25, 0.3) is 5.69 Å². The molecule has 208 valence electrons. The Morgan fingerprint density at radius 3 is 2.33 bits per heavy atom. The molecule has 9 heteroatoms. The predicted molar refractivity (Wildman–Crippen MR) is 158 cm³/mol. The molecule has 1 saturated heterocycles. The number of aromatic nitrogens is 3. The molecule has 2 atom stereocenters. The van der Waals surface area contributed by atoms with Crippen molar-refractivity contribution in [2.45, 2.75) is 43.7 Å². The van der Waals surface area contributed by atoms with Crippen molar-refractivity contribution in [2.75, 3.05) is 19.6 Å². The normalized spacial score (nSPS) is 16.8. The molecular formula is C31H33Cl2N5O2. The van der Waals surface area contributed by atoms with E-state index in [9.17, 15) is 9.90 Å². The Kier molecular flexibility index (Phi) is 8.86. The molecule has 0 radical (unpaired) electrons. The lowest BCUT2D eigenvalue weighted by Gasteiger charge is -2.43. The Labute approximate surface area is 244 Å². The summed E-state index contributed by atoms with van der Waals surface area (Å²) in [6.45, 7) is 3.99. The molecule has 40 heavy (non-hydrogen) atoms. The van der Waals surface area contributed by atoms with E-state index in [1.807, 2.05) is 60.7 Å². The molecule has 0 spiro atoms. The topological polar surface area (TPSA) is 83.3 Å². The zero-order chi connectivity index (χ0) is 28.1. The second kappa shape index (κ2) is 12.5. The minimum Gasteiger partial charge on any atom is -0.386 e. The Hall–Kier alpha value is -3.23. The summed E-state index contributed by atoms with van der Waals surface area (Å²) in [5.41, 5.74) is 3.09. The van der Waals surface area contributed by atoms with Gasteiger partial charge in [0.25, 0.3) is 0 Å². The Balaban J connectivity index is 1.35. The third kappa shape index (κ3) is 6.23. The summed E-state index contributed by atoms with van der Waals surface area (Å²) in [4.78, 5) is 14.5. The van der Waals surface area contributed by atoms with Crippen LogP contribution in [-0.4, -0.2) is 50.5 Å². The molecule has 1 fully saturated rings. The summed E-state index contributed by atoms with van der Waals surface area (Å²) in [7, 11) is 0. The van der Waals surface area contributed by atoms with E-state index in [1.54, 1.807) is 23.9 Å². The molecular weight excluding hydrogens is 545 g/mol. The van der Waals surface area contributed by atoms with Gasteiger partial charge in [-0.1, -0.05) is 83.0 Å². The van der Waals surface area contributed by atoms with Crippen molar-refractivity contribution in [1.82, 2.24) is 25.2 Å². The number of amides is 1. The van der Waals surface area contributed by atoms with E-state index in [0.717, 1.165) is 49.3 Å². The molecule has 5 rings (SSSR count). The molecule has 1 aliphatic rings. The molecule has 2 N–H and O–H groups in total. The SMILES string of the molecule is CC(=O)NC1(c2ccccc2)CCN(CC[C@@H](c2ccc(Cl)c(Cl)c2)[C@@H](O)c2cnnn2-c2ccccc2)CC1. The second-order valence-corrected chi connectivity index (χ2v) is 11.2. The first kappa shape index (κ1) is 28.3. The standard InChI is InChI=1S/C31H33Cl2N5O2/c1-22(39)35-31(24-8-4-2-5-9-24)15-18-37(19-16-31)17-14-26(23-12-13-27(32)28(33)20-23)30(40)29-21-34-36-38(29)25-10-6-3-7-11-25/h2-13,20-21,26,30,40H,14-19H2,1H3,(H,35,39)/t26-,30+/m0/s1. The third-order valence-corrected chi connectivity index (χ3v) is 8.58.